The van der Waals surface area contributed by atoms with Crippen LogP contribution in [0.15, 0.2) is 67.0 Å². The van der Waals surface area contributed by atoms with Crippen LogP contribution < -0.4 is 30.2 Å². The predicted molar refractivity (Wildman–Crippen MR) is 305 cm³/mol. The molecule has 3 aliphatic carbocycles. The van der Waals surface area contributed by atoms with Gasteiger partial charge in [-0.1, -0.05) is 93.7 Å². The number of aryl methyl sites for hydroxylation is 6. The van der Waals surface area contributed by atoms with E-state index in [1.165, 1.54) is 61.5 Å². The van der Waals surface area contributed by atoms with E-state index in [-0.39, 0.29) is 39.9 Å². The molecule has 0 saturated heterocycles. The molecule has 4 heterocycles. The first-order valence-corrected chi connectivity index (χ1v) is 27.4. The van der Waals surface area contributed by atoms with E-state index in [0.29, 0.717) is 40.0 Å². The van der Waals surface area contributed by atoms with Crippen LogP contribution in [0.2, 0.25) is 0 Å². The van der Waals surface area contributed by atoms with Crippen molar-refractivity contribution in [3.63, 3.8) is 0 Å². The van der Waals surface area contributed by atoms with E-state index in [2.05, 4.69) is 121 Å². The number of carbonyl (C=O) groups excluding carboxylic acids is 3. The van der Waals surface area contributed by atoms with Crippen LogP contribution in [0, 0.1) is 0 Å². The van der Waals surface area contributed by atoms with Crippen molar-refractivity contribution in [2.45, 2.75) is 175 Å². The van der Waals surface area contributed by atoms with Crippen molar-refractivity contribution in [1.82, 2.24) is 30.1 Å². The highest BCUT2D eigenvalue weighted by molar-refractivity contribution is 6.07. The number of aromatic amines is 1. The molecule has 9 rings (SSSR count). The smallest absolute Gasteiger partial charge is 0.263 e. The molecule has 77 heavy (non-hydrogen) atoms. The number of H-pyrrole nitrogens is 1. The van der Waals surface area contributed by atoms with Crippen LogP contribution in [0.5, 0.6) is 17.5 Å². The highest BCUT2D eigenvalue weighted by Gasteiger charge is 2.25. The summed E-state index contributed by atoms with van der Waals surface area (Å²) in [5, 5.41) is 15.8. The Hall–Kier alpha value is -7.16. The number of amides is 3. The Morgan fingerprint density at radius 3 is 1.40 bits per heavy atom. The van der Waals surface area contributed by atoms with E-state index in [9.17, 15) is 14.4 Å². The number of fused-ring (bicyclic) bond motifs is 3. The van der Waals surface area contributed by atoms with Crippen LogP contribution in [0.4, 0.5) is 17.5 Å². The van der Waals surface area contributed by atoms with Crippen molar-refractivity contribution in [2.75, 3.05) is 37.3 Å². The third-order valence-corrected chi connectivity index (χ3v) is 14.4. The van der Waals surface area contributed by atoms with Crippen molar-refractivity contribution in [2.24, 2.45) is 0 Å². The molecule has 3 amide bonds. The first-order valence-electron chi connectivity index (χ1n) is 27.4. The molecule has 3 aliphatic rings. The van der Waals surface area contributed by atoms with E-state index < -0.39 is 0 Å². The molecule has 0 radical (unpaired) electrons. The van der Waals surface area contributed by atoms with E-state index >= 15 is 0 Å². The second-order valence-corrected chi connectivity index (χ2v) is 23.5. The third-order valence-electron chi connectivity index (χ3n) is 14.4. The highest BCUT2D eigenvalue weighted by atomic mass is 16.5. The Morgan fingerprint density at radius 2 is 0.935 bits per heavy atom. The molecule has 0 unspecified atom stereocenters. The topological polar surface area (TPSA) is 195 Å². The lowest BCUT2D eigenvalue weighted by Gasteiger charge is -2.19. The molecular formula is C62H81N9O6. The van der Waals surface area contributed by atoms with Crippen molar-refractivity contribution in [3.8, 4) is 17.5 Å². The SMILES string of the molecule is COc1cc2c(cc1C(=O)Nc1cc(C(C)(C)C)[nH]n1)CCCCC2.COc1nc2c(cc1C(=O)Nc1ccc(C(C)(C)C)cc1)CCCCC2.COc1nc2c(cc1C(=O)Nc1ncc(C(C)(C)C)cn1)CCCCC2. The number of aromatic nitrogens is 6. The minimum absolute atomic E-state index is 0.0350. The van der Waals surface area contributed by atoms with Gasteiger partial charge < -0.3 is 24.8 Å². The molecule has 4 N–H and O–H groups in total. The summed E-state index contributed by atoms with van der Waals surface area (Å²) in [5.74, 6) is 1.55. The molecule has 0 aliphatic heterocycles. The summed E-state index contributed by atoms with van der Waals surface area (Å²) in [6.45, 7) is 19.1. The maximum absolute atomic E-state index is 12.8. The van der Waals surface area contributed by atoms with Gasteiger partial charge in [-0.2, -0.15) is 5.10 Å². The summed E-state index contributed by atoms with van der Waals surface area (Å²) in [4.78, 5) is 56.1. The second kappa shape index (κ2) is 25.3. The molecule has 15 heteroatoms. The van der Waals surface area contributed by atoms with Gasteiger partial charge in [0.25, 0.3) is 17.7 Å². The normalized spacial score (nSPS) is 14.4. The number of carbonyl (C=O) groups is 3. The number of nitrogens with one attached hydrogen (secondary N) is 4. The molecule has 0 bridgehead atoms. The fraction of sp³-hybridized carbons (Fsp3) is 0.484. The maximum Gasteiger partial charge on any atom is 0.263 e. The average Bonchev–Trinajstić information content (AvgIpc) is 3.54. The maximum atomic E-state index is 12.8. The van der Waals surface area contributed by atoms with Crippen molar-refractivity contribution in [1.29, 1.82) is 0 Å². The van der Waals surface area contributed by atoms with Gasteiger partial charge in [-0.3, -0.25) is 24.8 Å². The molecular weight excluding hydrogens is 967 g/mol. The molecule has 0 spiro atoms. The van der Waals surface area contributed by atoms with Gasteiger partial charge in [0.15, 0.2) is 5.82 Å². The Bertz CT molecular complexity index is 2860. The number of hydrogen-bond donors (Lipinski definition) is 4. The molecule has 0 fully saturated rings. The van der Waals surface area contributed by atoms with Gasteiger partial charge in [0.05, 0.1) is 26.9 Å². The number of benzene rings is 2. The lowest BCUT2D eigenvalue weighted by atomic mass is 9.87. The fourth-order valence-corrected chi connectivity index (χ4v) is 9.66. The van der Waals surface area contributed by atoms with Gasteiger partial charge in [-0.05, 0) is 158 Å². The molecule has 2 aromatic carbocycles. The summed E-state index contributed by atoms with van der Waals surface area (Å²) in [6.07, 6.45) is 20.0. The van der Waals surface area contributed by atoms with E-state index in [4.69, 9.17) is 14.2 Å². The van der Waals surface area contributed by atoms with E-state index in [1.807, 2.05) is 42.5 Å². The van der Waals surface area contributed by atoms with Gasteiger partial charge >= 0.3 is 0 Å². The third kappa shape index (κ3) is 15.3. The first-order chi connectivity index (χ1) is 36.6. The number of rotatable bonds is 9. The molecule has 4 aromatic heterocycles. The van der Waals surface area contributed by atoms with Crippen molar-refractivity contribution >= 4 is 35.2 Å². The minimum atomic E-state index is -0.301. The van der Waals surface area contributed by atoms with Gasteiger partial charge in [0.1, 0.15) is 16.9 Å². The summed E-state index contributed by atoms with van der Waals surface area (Å²) >= 11 is 0. The fourth-order valence-electron chi connectivity index (χ4n) is 9.66. The number of nitrogens with zero attached hydrogens (tertiary/aromatic N) is 5. The van der Waals surface area contributed by atoms with Gasteiger partial charge in [-0.15, -0.1) is 0 Å². The van der Waals surface area contributed by atoms with E-state index in [0.717, 1.165) is 98.1 Å². The summed E-state index contributed by atoms with van der Waals surface area (Å²) in [7, 11) is 4.72. The van der Waals surface area contributed by atoms with Crippen molar-refractivity contribution < 1.29 is 28.6 Å². The van der Waals surface area contributed by atoms with Crippen LogP contribution in [0.1, 0.15) is 202 Å². The zero-order valence-corrected chi connectivity index (χ0v) is 47.6. The van der Waals surface area contributed by atoms with Crippen LogP contribution >= 0.6 is 0 Å². The average molecular weight is 1050 g/mol. The summed E-state index contributed by atoms with van der Waals surface area (Å²) in [6, 6.07) is 17.8. The Kier molecular flexibility index (Phi) is 18.9. The Morgan fingerprint density at radius 1 is 0.481 bits per heavy atom. The van der Waals surface area contributed by atoms with Crippen LogP contribution in [-0.4, -0.2) is 69.2 Å². The van der Waals surface area contributed by atoms with Gasteiger partial charge in [0.2, 0.25) is 17.7 Å². The molecule has 0 atom stereocenters. The van der Waals surface area contributed by atoms with Crippen LogP contribution in [0.3, 0.4) is 0 Å². The van der Waals surface area contributed by atoms with Gasteiger partial charge in [-0.25, -0.2) is 19.9 Å². The van der Waals surface area contributed by atoms with Crippen LogP contribution in [-0.2, 0) is 54.8 Å². The number of methoxy groups -OCH3 is 3. The largest absolute Gasteiger partial charge is 0.496 e. The monoisotopic (exact) mass is 1050 g/mol. The second-order valence-electron chi connectivity index (χ2n) is 23.5. The molecule has 0 saturated carbocycles. The van der Waals surface area contributed by atoms with E-state index in [1.54, 1.807) is 26.6 Å². The Labute approximate surface area is 456 Å². The molecule has 6 aromatic rings. The number of pyridine rings is 2. The standard InChI is InChI=1S/C22H28N2O2.C20H26N4O2.C20H27N3O2/c1-22(2,3)16-10-12-17(13-11-16)23-20(25)18-14-15-8-6-5-7-9-19(15)24-21(18)26-4;1-20(2,3)14-11-21-19(22-12-14)24-17(25)15-10-13-8-6-5-7-9-16(13)23-18(15)26-4;1-20(2,3)17-12-18(23-22-17)21-19(24)15-10-13-8-6-5-7-9-14(13)11-16(15)25-4/h10-14H,5-9H2,1-4H3,(H,23,25);10-12H,5-9H2,1-4H3,(H,21,22,24,25);10-12H,5-9H2,1-4H3,(H2,21,22,23,24). The lowest BCUT2D eigenvalue weighted by Crippen LogP contribution is -2.18. The van der Waals surface area contributed by atoms with Crippen LogP contribution in [0.25, 0.3) is 0 Å². The predicted octanol–water partition coefficient (Wildman–Crippen LogP) is 12.8. The highest BCUT2D eigenvalue weighted by Crippen LogP contribution is 2.32. The number of anilines is 3. The minimum Gasteiger partial charge on any atom is -0.496 e. The number of ether oxygens (including phenoxy) is 3. The molecule has 15 nitrogen and oxygen atoms in total. The quantitative estimate of drug-likeness (QED) is 0.101. The Balaban J connectivity index is 0.000000168. The first kappa shape index (κ1) is 57.5. The molecule has 410 valence electrons. The number of hydrogen-bond acceptors (Lipinski definition) is 11. The summed E-state index contributed by atoms with van der Waals surface area (Å²) < 4.78 is 16.2. The zero-order valence-electron chi connectivity index (χ0n) is 47.6. The van der Waals surface area contributed by atoms with Crippen molar-refractivity contribution in [3.05, 3.63) is 134 Å². The zero-order chi connectivity index (χ0) is 55.5. The summed E-state index contributed by atoms with van der Waals surface area (Å²) in [5.41, 5.74) is 12.5. The lowest BCUT2D eigenvalue weighted by molar-refractivity contribution is 0.101. The van der Waals surface area contributed by atoms with Gasteiger partial charge in [0, 0.05) is 46.6 Å².